The van der Waals surface area contributed by atoms with Gasteiger partial charge in [-0.1, -0.05) is 62.2 Å². The van der Waals surface area contributed by atoms with Gasteiger partial charge in [0.15, 0.2) is 5.78 Å². The number of esters is 1. The molecule has 0 aliphatic carbocycles. The first kappa shape index (κ1) is 41.0. The molecule has 13 nitrogen and oxygen atoms in total. The van der Waals surface area contributed by atoms with Gasteiger partial charge < -0.3 is 33.9 Å². The number of carbonyl (C=O) groups is 5. The molecule has 0 radical (unpaired) electrons. The minimum Gasteiger partial charge on any atom is -0.457 e. The molecule has 2 N–H and O–H groups in total. The van der Waals surface area contributed by atoms with Crippen LogP contribution in [-0.2, 0) is 44.5 Å². The Labute approximate surface area is 310 Å². The molecule has 1 unspecified atom stereocenters. The molecule has 1 aromatic rings. The van der Waals surface area contributed by atoms with Crippen molar-refractivity contribution in [3.8, 4) is 0 Å². The van der Waals surface area contributed by atoms with E-state index in [2.05, 4.69) is 5.32 Å². The quantitative estimate of drug-likeness (QED) is 0.287. The summed E-state index contributed by atoms with van der Waals surface area (Å²) in [5, 5.41) is 14.6. The third kappa shape index (κ3) is 9.22. The largest absolute Gasteiger partial charge is 0.457 e. The summed E-state index contributed by atoms with van der Waals surface area (Å²) in [6.07, 6.45) is 2.84. The van der Waals surface area contributed by atoms with Gasteiger partial charge in [0, 0.05) is 38.8 Å². The number of nitrogens with one attached hydrogen (secondary N) is 1. The van der Waals surface area contributed by atoms with E-state index in [9.17, 15) is 29.1 Å². The molecule has 0 saturated carbocycles. The van der Waals surface area contributed by atoms with Crippen molar-refractivity contribution in [3.63, 3.8) is 0 Å². The lowest BCUT2D eigenvalue weighted by Gasteiger charge is -2.41. The number of ether oxygens (including phenoxy) is 4. The fourth-order valence-corrected chi connectivity index (χ4v) is 6.85. The fraction of sp³-hybridized carbons (Fsp3) is 0.605. The monoisotopic (exact) mass is 745 g/mol. The molecule has 0 spiro atoms. The van der Waals surface area contributed by atoms with Crippen LogP contribution in [0.5, 0.6) is 0 Å². The van der Waals surface area contributed by atoms with Gasteiger partial charge in [0.05, 0.1) is 23.2 Å². The van der Waals surface area contributed by atoms with E-state index in [1.54, 1.807) is 27.8 Å². The predicted octanol–water partition coefficient (Wildman–Crippen LogP) is 4.43. The zero-order valence-electron chi connectivity index (χ0n) is 31.5. The Morgan fingerprint density at radius 1 is 1.19 bits per heavy atom. The number of alkyl carbamates (subject to hydrolysis) is 1. The molecular formula is C38H52ClN3O10. The Hall–Kier alpha value is -3.78. The third-order valence-corrected chi connectivity index (χ3v) is 11.0. The number of likely N-dealkylation sites (N-methyl/N-ethyl adjacent to an activating group) is 1. The van der Waals surface area contributed by atoms with Crippen LogP contribution in [0.1, 0.15) is 71.9 Å². The van der Waals surface area contributed by atoms with E-state index in [0.29, 0.717) is 17.1 Å². The summed E-state index contributed by atoms with van der Waals surface area (Å²) >= 11 is 6.75. The van der Waals surface area contributed by atoms with Gasteiger partial charge in [0.2, 0.25) is 11.8 Å². The number of allylic oxidation sites excluding steroid dienone is 3. The van der Waals surface area contributed by atoms with Gasteiger partial charge >= 0.3 is 12.1 Å². The molecule has 3 aliphatic rings. The summed E-state index contributed by atoms with van der Waals surface area (Å²) < 4.78 is 23.1. The van der Waals surface area contributed by atoms with Crippen LogP contribution >= 0.6 is 11.6 Å². The van der Waals surface area contributed by atoms with Crippen molar-refractivity contribution in [2.24, 2.45) is 11.8 Å². The lowest BCUT2D eigenvalue weighted by Crippen LogP contribution is -2.60. The second-order valence-electron chi connectivity index (χ2n) is 14.5. The van der Waals surface area contributed by atoms with Gasteiger partial charge in [-0.3, -0.25) is 19.7 Å². The van der Waals surface area contributed by atoms with Crippen LogP contribution < -0.4 is 10.2 Å². The molecule has 3 amide bonds. The number of nitrogens with zero attached hydrogens (tertiary/aromatic N) is 2. The van der Waals surface area contributed by atoms with Crippen molar-refractivity contribution in [2.45, 2.75) is 110 Å². The van der Waals surface area contributed by atoms with Crippen molar-refractivity contribution in [3.05, 3.63) is 52.1 Å². The molecule has 1 aromatic carbocycles. The van der Waals surface area contributed by atoms with Crippen LogP contribution in [0.25, 0.3) is 0 Å². The van der Waals surface area contributed by atoms with Crippen molar-refractivity contribution in [1.29, 1.82) is 0 Å². The number of epoxide rings is 1. The summed E-state index contributed by atoms with van der Waals surface area (Å²) in [7, 11) is 3.02. The maximum absolute atomic E-state index is 14.1. The number of rotatable bonds is 8. The van der Waals surface area contributed by atoms with Crippen molar-refractivity contribution < 1.29 is 48.0 Å². The van der Waals surface area contributed by atoms with Crippen molar-refractivity contribution in [2.75, 3.05) is 32.2 Å². The average Bonchev–Trinajstić information content (AvgIpc) is 3.78. The number of amides is 3. The maximum Gasteiger partial charge on any atom is 0.409 e. The minimum atomic E-state index is -1.62. The Kier molecular flexibility index (Phi) is 13.0. The SMILES string of the molecule is CCC(=O)COCC(=O)N(C)C(C)C(=O)O[C@H]1CC(=O)N(C)c2cc(cc(C)c2Cl)C/C(C)=C/C=C/[C@@H](C)[C@@]2(O)C[C@H](OC(=O)N2)[C@@H](C)[C@@H]2O[C@@]12C. The molecule has 3 heterocycles. The number of aliphatic hydroxyl groups is 1. The number of ketones is 1. The van der Waals surface area contributed by atoms with E-state index < -0.39 is 78.0 Å². The first-order chi connectivity index (χ1) is 24.3. The number of Topliss-reactive ketones (excluding diaryl/α,β-unsaturated/α-hetero) is 1. The van der Waals surface area contributed by atoms with Crippen LogP contribution in [0.3, 0.4) is 0 Å². The zero-order chi connectivity index (χ0) is 38.7. The van der Waals surface area contributed by atoms with Crippen LogP contribution in [0.15, 0.2) is 35.9 Å². The number of hydrogen-bond donors (Lipinski definition) is 2. The van der Waals surface area contributed by atoms with Gasteiger partial charge in [-0.05, 0) is 51.3 Å². The highest BCUT2D eigenvalue weighted by Crippen LogP contribution is 2.49. The average molecular weight is 746 g/mol. The van der Waals surface area contributed by atoms with Crippen LogP contribution in [0.2, 0.25) is 5.02 Å². The first-order valence-electron chi connectivity index (χ1n) is 17.6. The molecule has 2 fully saturated rings. The Bertz CT molecular complexity index is 1630. The van der Waals surface area contributed by atoms with Crippen molar-refractivity contribution in [1.82, 2.24) is 10.2 Å². The Morgan fingerprint density at radius 3 is 2.56 bits per heavy atom. The molecule has 14 heteroatoms. The number of anilines is 1. The lowest BCUT2D eigenvalue weighted by molar-refractivity contribution is -0.163. The summed E-state index contributed by atoms with van der Waals surface area (Å²) in [6, 6.07) is 2.73. The summed E-state index contributed by atoms with van der Waals surface area (Å²) in [4.78, 5) is 67.5. The normalized spacial score (nSPS) is 31.6. The number of hydrogen-bond acceptors (Lipinski definition) is 10. The fourth-order valence-electron chi connectivity index (χ4n) is 6.62. The van der Waals surface area contributed by atoms with Crippen molar-refractivity contribution >= 4 is 46.9 Å². The second kappa shape index (κ2) is 16.5. The van der Waals surface area contributed by atoms with Crippen LogP contribution in [0.4, 0.5) is 10.5 Å². The van der Waals surface area contributed by atoms with Gasteiger partial charge in [-0.15, -0.1) is 0 Å². The molecule has 0 aromatic heterocycles. The number of fused-ring (bicyclic) bond motifs is 5. The number of halogens is 1. The summed E-state index contributed by atoms with van der Waals surface area (Å²) in [5.74, 6) is -2.87. The van der Waals surface area contributed by atoms with Crippen LogP contribution in [0, 0.1) is 18.8 Å². The molecular weight excluding hydrogens is 694 g/mol. The second-order valence-corrected chi connectivity index (χ2v) is 14.9. The van der Waals surface area contributed by atoms with Gasteiger partial charge in [-0.2, -0.15) is 0 Å². The van der Waals surface area contributed by atoms with Gasteiger partial charge in [0.25, 0.3) is 0 Å². The highest BCUT2D eigenvalue weighted by Gasteiger charge is 2.64. The minimum absolute atomic E-state index is 0.0512. The van der Waals surface area contributed by atoms with E-state index in [1.807, 2.05) is 51.1 Å². The zero-order valence-corrected chi connectivity index (χ0v) is 32.2. The summed E-state index contributed by atoms with van der Waals surface area (Å²) in [5.41, 5.74) is 0.371. The highest BCUT2D eigenvalue weighted by atomic mass is 35.5. The van der Waals surface area contributed by atoms with E-state index >= 15 is 0 Å². The third-order valence-electron chi connectivity index (χ3n) is 10.5. The molecule has 8 atom stereocenters. The highest BCUT2D eigenvalue weighted by molar-refractivity contribution is 6.34. The topological polar surface area (TPSA) is 164 Å². The number of carbonyl (C=O) groups excluding carboxylic acids is 5. The molecule has 52 heavy (non-hydrogen) atoms. The lowest BCUT2D eigenvalue weighted by atomic mass is 9.82. The predicted molar refractivity (Wildman–Crippen MR) is 194 cm³/mol. The van der Waals surface area contributed by atoms with Crippen LogP contribution in [-0.4, -0.2) is 103 Å². The van der Waals surface area contributed by atoms with E-state index in [4.69, 9.17) is 30.5 Å². The summed E-state index contributed by atoms with van der Waals surface area (Å²) in [6.45, 7) is 11.7. The van der Waals surface area contributed by atoms with E-state index in [0.717, 1.165) is 21.6 Å². The molecule has 286 valence electrons. The smallest absolute Gasteiger partial charge is 0.409 e. The maximum atomic E-state index is 14.1. The molecule has 4 rings (SSSR count). The van der Waals surface area contributed by atoms with Gasteiger partial charge in [-0.25, -0.2) is 9.59 Å². The first-order valence-corrected chi connectivity index (χ1v) is 18.0. The van der Waals surface area contributed by atoms with E-state index in [-0.39, 0.29) is 31.7 Å². The molecule has 2 saturated heterocycles. The number of aryl methyl sites for hydroxylation is 1. The molecule has 3 aliphatic heterocycles. The van der Waals surface area contributed by atoms with E-state index in [1.165, 1.54) is 18.9 Å². The van der Waals surface area contributed by atoms with Gasteiger partial charge in [0.1, 0.15) is 42.8 Å². The Morgan fingerprint density at radius 2 is 1.88 bits per heavy atom. The standard InChI is InChI=1S/C38H52ClN3O10/c1-10-27(43)19-49-20-32(45)41(8)25(6)35(46)51-30-17-31(44)42(9)28-16-26(15-22(3)33(28)39)14-21(2)12-11-13-23(4)38(48)18-29(50-36(47)40-38)24(5)34-37(30,7)52-34/h11-13,15-16,23-25,29-30,34,48H,10,14,17-20H2,1-9H3,(H,40,47)/b13-11+,21-12+/t23-,24-,25?,29+,30+,34+,37+,38+/m1/s1. The molecule has 4 bridgehead atoms. The number of benzene rings is 1. The Balaban J connectivity index is 1.68.